The number of hydrogen-bond donors (Lipinski definition) is 2. The van der Waals surface area contributed by atoms with Crippen molar-refractivity contribution < 1.29 is 23.0 Å². The van der Waals surface area contributed by atoms with E-state index in [2.05, 4.69) is 5.10 Å². The summed E-state index contributed by atoms with van der Waals surface area (Å²) in [6.45, 7) is -0.157. The molecule has 0 aliphatic carbocycles. The first-order valence-electron chi connectivity index (χ1n) is 10.2. The first-order chi connectivity index (χ1) is 15.7. The molecule has 2 aromatic rings. The summed E-state index contributed by atoms with van der Waals surface area (Å²) in [6, 6.07) is 2.03. The van der Waals surface area contributed by atoms with E-state index < -0.39 is 35.4 Å². The van der Waals surface area contributed by atoms with Gasteiger partial charge in [-0.25, -0.2) is 8.78 Å². The number of aryl methyl sites for hydroxylation is 1. The predicted octanol–water partition coefficient (Wildman–Crippen LogP) is 3.32. The van der Waals surface area contributed by atoms with Gasteiger partial charge in [-0.3, -0.25) is 9.48 Å². The summed E-state index contributed by atoms with van der Waals surface area (Å²) in [5, 5.41) is 5.44. The monoisotopic (exact) mass is 499 g/mol. The molecule has 1 saturated heterocycles. The van der Waals surface area contributed by atoms with Crippen molar-refractivity contribution in [1.82, 2.24) is 9.78 Å². The van der Waals surface area contributed by atoms with Crippen LogP contribution in [-0.4, -0.2) is 41.6 Å². The third kappa shape index (κ3) is 4.42. The van der Waals surface area contributed by atoms with Crippen molar-refractivity contribution in [3.8, 4) is 5.75 Å². The molecule has 0 spiro atoms. The van der Waals surface area contributed by atoms with Gasteiger partial charge in [0.25, 0.3) is 5.91 Å². The Balaban J connectivity index is 1.78. The zero-order chi connectivity index (χ0) is 23.9. The Bertz CT molecular complexity index is 1090. The number of amides is 1. The van der Waals surface area contributed by atoms with Gasteiger partial charge >= 0.3 is 0 Å². The van der Waals surface area contributed by atoms with Crippen LogP contribution >= 0.6 is 23.4 Å². The zero-order valence-corrected chi connectivity index (χ0v) is 19.6. The number of nitrogens with zero attached hydrogens (tertiary/aromatic N) is 3. The summed E-state index contributed by atoms with van der Waals surface area (Å²) < 4.78 is 41.7. The van der Waals surface area contributed by atoms with Crippen LogP contribution < -0.4 is 21.1 Å². The van der Waals surface area contributed by atoms with Gasteiger partial charge in [0, 0.05) is 30.1 Å². The number of carbonyl (C=O) groups excluding carboxylic acids is 1. The lowest BCUT2D eigenvalue weighted by molar-refractivity contribution is -0.114. The molecule has 4 rings (SSSR count). The van der Waals surface area contributed by atoms with E-state index >= 15 is 4.39 Å². The second kappa shape index (κ2) is 9.49. The fourth-order valence-corrected chi connectivity index (χ4v) is 5.47. The molecule has 1 aromatic heterocycles. The number of anilines is 1. The van der Waals surface area contributed by atoms with Crippen LogP contribution in [0.2, 0.25) is 5.02 Å². The van der Waals surface area contributed by atoms with Crippen molar-refractivity contribution in [2.45, 2.75) is 36.5 Å². The highest BCUT2D eigenvalue weighted by Crippen LogP contribution is 2.49. The van der Waals surface area contributed by atoms with Crippen LogP contribution in [0, 0.1) is 5.82 Å². The van der Waals surface area contributed by atoms with Crippen molar-refractivity contribution in [2.75, 3.05) is 18.6 Å². The van der Waals surface area contributed by atoms with Crippen LogP contribution in [0.1, 0.15) is 35.6 Å². The van der Waals surface area contributed by atoms with Gasteiger partial charge < -0.3 is 25.8 Å². The largest absolute Gasteiger partial charge is 0.495 e. The van der Waals surface area contributed by atoms with Gasteiger partial charge in [-0.2, -0.15) is 5.10 Å². The number of benzene rings is 1. The molecular formula is C21H24ClF2N5O3S. The van der Waals surface area contributed by atoms with E-state index in [1.165, 1.54) is 31.0 Å². The lowest BCUT2D eigenvalue weighted by Crippen LogP contribution is -2.32. The lowest BCUT2D eigenvalue weighted by atomic mass is 10.0. The predicted molar refractivity (Wildman–Crippen MR) is 122 cm³/mol. The van der Waals surface area contributed by atoms with E-state index in [4.69, 9.17) is 32.5 Å². The minimum absolute atomic E-state index is 0.157. The fourth-order valence-electron chi connectivity index (χ4n) is 4.06. The molecular weight excluding hydrogens is 476 g/mol. The van der Waals surface area contributed by atoms with Gasteiger partial charge in [0.1, 0.15) is 34.9 Å². The number of alkyl halides is 1. The van der Waals surface area contributed by atoms with E-state index in [1.54, 1.807) is 28.2 Å². The highest BCUT2D eigenvalue weighted by atomic mass is 35.5. The van der Waals surface area contributed by atoms with Crippen LogP contribution in [0.3, 0.4) is 0 Å². The molecule has 1 amide bonds. The SMILES string of the molecule is COc1cc(F)c(C2SC=C(C(N)=O)N2c2cnn(C)c2[C@@H]2CC[C@@H](N)[C@H](F)CO2)cc1Cl. The Labute approximate surface area is 198 Å². The molecule has 4 atom stereocenters. The van der Waals surface area contributed by atoms with Crippen molar-refractivity contribution in [1.29, 1.82) is 0 Å². The van der Waals surface area contributed by atoms with E-state index in [0.717, 1.165) is 0 Å². The molecule has 0 bridgehead atoms. The summed E-state index contributed by atoms with van der Waals surface area (Å²) in [6.07, 6.45) is 0.616. The Kier molecular flexibility index (Phi) is 6.85. The van der Waals surface area contributed by atoms with E-state index in [9.17, 15) is 9.18 Å². The summed E-state index contributed by atoms with van der Waals surface area (Å²) in [7, 11) is 3.11. The van der Waals surface area contributed by atoms with Crippen LogP contribution in [0.5, 0.6) is 5.75 Å². The van der Waals surface area contributed by atoms with Crippen molar-refractivity contribution in [2.24, 2.45) is 18.5 Å². The lowest BCUT2D eigenvalue weighted by Gasteiger charge is -2.30. The van der Waals surface area contributed by atoms with Crippen molar-refractivity contribution in [3.05, 3.63) is 51.5 Å². The second-order valence-corrected chi connectivity index (χ2v) is 9.21. The number of hydrogen-bond acceptors (Lipinski definition) is 7. The normalized spacial score (nSPS) is 25.6. The molecule has 1 aromatic carbocycles. The number of methoxy groups -OCH3 is 1. The Morgan fingerprint density at radius 3 is 2.85 bits per heavy atom. The number of thioether (sulfide) groups is 1. The highest BCUT2D eigenvalue weighted by Gasteiger charge is 2.39. The second-order valence-electron chi connectivity index (χ2n) is 7.85. The number of ether oxygens (including phenoxy) is 2. The fraction of sp³-hybridized carbons (Fsp3) is 0.429. The summed E-state index contributed by atoms with van der Waals surface area (Å²) >= 11 is 7.47. The third-order valence-electron chi connectivity index (χ3n) is 5.80. The van der Waals surface area contributed by atoms with Crippen LogP contribution in [0.15, 0.2) is 29.4 Å². The van der Waals surface area contributed by atoms with Crippen molar-refractivity contribution in [3.63, 3.8) is 0 Å². The average molecular weight is 500 g/mol. The number of carbonyl (C=O) groups is 1. The topological polar surface area (TPSA) is 109 Å². The van der Waals surface area contributed by atoms with Crippen molar-refractivity contribution >= 4 is 35.0 Å². The molecule has 0 saturated carbocycles. The third-order valence-corrected chi connectivity index (χ3v) is 7.18. The Hall–Kier alpha value is -2.34. The maximum Gasteiger partial charge on any atom is 0.265 e. The molecule has 8 nitrogen and oxygen atoms in total. The van der Waals surface area contributed by atoms with Gasteiger partial charge in [0.2, 0.25) is 0 Å². The Morgan fingerprint density at radius 1 is 1.39 bits per heavy atom. The minimum atomic E-state index is -1.28. The summed E-state index contributed by atoms with van der Waals surface area (Å²) in [5.41, 5.74) is 13.0. The van der Waals surface area contributed by atoms with Gasteiger partial charge in [0.15, 0.2) is 0 Å². The number of halogens is 3. The molecule has 4 N–H and O–H groups in total. The van der Waals surface area contributed by atoms with Crippen LogP contribution in [0.4, 0.5) is 14.5 Å². The molecule has 1 unspecified atom stereocenters. The summed E-state index contributed by atoms with van der Waals surface area (Å²) in [5.74, 6) is -1.05. The maximum absolute atomic E-state index is 15.1. The molecule has 33 heavy (non-hydrogen) atoms. The standard InChI is InChI=1S/C21H24ClF2N5O3S/c1-28-19(17-4-3-14(25)13(24)8-32-17)15(7-27-28)29-16(20(26)30)9-33-21(29)10-5-11(22)18(31-2)6-12(10)23/h5-7,9,13-14,17,21H,3-4,8,25H2,1-2H3,(H2,26,30)/t13-,14-,17+,21?/m1/s1. The van der Waals surface area contributed by atoms with Crippen LogP contribution in [-0.2, 0) is 16.6 Å². The number of primary amides is 1. The van der Waals surface area contributed by atoms with E-state index in [-0.39, 0.29) is 28.6 Å². The smallest absolute Gasteiger partial charge is 0.265 e. The number of nitrogens with two attached hydrogens (primary N) is 2. The number of rotatable bonds is 5. The molecule has 2 aliphatic heterocycles. The zero-order valence-electron chi connectivity index (χ0n) is 18.0. The summed E-state index contributed by atoms with van der Waals surface area (Å²) in [4.78, 5) is 13.9. The number of aromatic nitrogens is 2. The average Bonchev–Trinajstić information content (AvgIpc) is 3.33. The molecule has 2 aliphatic rings. The van der Waals surface area contributed by atoms with Gasteiger partial charge in [-0.1, -0.05) is 11.6 Å². The molecule has 12 heteroatoms. The maximum atomic E-state index is 15.1. The molecule has 0 radical (unpaired) electrons. The highest BCUT2D eigenvalue weighted by molar-refractivity contribution is 8.02. The molecule has 1 fully saturated rings. The van der Waals surface area contributed by atoms with Gasteiger partial charge in [-0.05, 0) is 18.9 Å². The van der Waals surface area contributed by atoms with E-state index in [1.807, 2.05) is 0 Å². The molecule has 3 heterocycles. The quantitative estimate of drug-likeness (QED) is 0.649. The van der Waals surface area contributed by atoms with Crippen LogP contribution in [0.25, 0.3) is 0 Å². The minimum Gasteiger partial charge on any atom is -0.495 e. The molecule has 178 valence electrons. The first-order valence-corrected chi connectivity index (χ1v) is 11.6. The van der Waals surface area contributed by atoms with Gasteiger partial charge in [-0.15, -0.1) is 11.8 Å². The Morgan fingerprint density at radius 2 is 2.15 bits per heavy atom. The van der Waals surface area contributed by atoms with E-state index in [0.29, 0.717) is 24.2 Å². The van der Waals surface area contributed by atoms with Gasteiger partial charge in [0.05, 0.1) is 36.3 Å². The first kappa shape index (κ1) is 23.8.